The van der Waals surface area contributed by atoms with Crippen LogP contribution in [0.15, 0.2) is 18.3 Å². The van der Waals surface area contributed by atoms with Crippen molar-refractivity contribution in [3.8, 4) is 5.88 Å². The molecule has 0 amide bonds. The van der Waals surface area contributed by atoms with Gasteiger partial charge in [0.25, 0.3) is 0 Å². The van der Waals surface area contributed by atoms with E-state index in [1.54, 1.807) is 7.11 Å². The molecule has 0 radical (unpaired) electrons. The van der Waals surface area contributed by atoms with Crippen molar-refractivity contribution >= 4 is 0 Å². The minimum absolute atomic E-state index is 0.717. The van der Waals surface area contributed by atoms with Crippen LogP contribution in [-0.2, 0) is 6.54 Å². The molecule has 1 unspecified atom stereocenters. The summed E-state index contributed by atoms with van der Waals surface area (Å²) in [6.45, 7) is 6.02. The molecule has 0 spiro atoms. The molecule has 0 N–H and O–H groups in total. The first-order valence-electron chi connectivity index (χ1n) is 7.30. The lowest BCUT2D eigenvalue weighted by molar-refractivity contribution is 0.215. The molecule has 2 aliphatic rings. The summed E-state index contributed by atoms with van der Waals surface area (Å²) in [7, 11) is 1.68. The molecule has 1 atom stereocenters. The van der Waals surface area contributed by atoms with Crippen molar-refractivity contribution in [3.63, 3.8) is 0 Å². The molecule has 0 bridgehead atoms. The highest BCUT2D eigenvalue weighted by Crippen LogP contribution is 2.22. The van der Waals surface area contributed by atoms with E-state index in [-0.39, 0.29) is 0 Å². The summed E-state index contributed by atoms with van der Waals surface area (Å²) in [5, 5.41) is 0. The Hall–Kier alpha value is -1.13. The highest BCUT2D eigenvalue weighted by molar-refractivity contribution is 5.20. The molecule has 2 fully saturated rings. The van der Waals surface area contributed by atoms with E-state index in [0.29, 0.717) is 0 Å². The Labute approximate surface area is 115 Å². The van der Waals surface area contributed by atoms with E-state index in [0.717, 1.165) is 18.5 Å². The highest BCUT2D eigenvalue weighted by atomic mass is 16.5. The van der Waals surface area contributed by atoms with Gasteiger partial charge in [-0.2, -0.15) is 0 Å². The number of aromatic nitrogens is 1. The van der Waals surface area contributed by atoms with Crippen LogP contribution in [0.3, 0.4) is 0 Å². The summed E-state index contributed by atoms with van der Waals surface area (Å²) in [6, 6.07) is 4.93. The lowest BCUT2D eigenvalue weighted by atomic mass is 10.2. The number of ether oxygens (including phenoxy) is 1. The maximum atomic E-state index is 5.20. The van der Waals surface area contributed by atoms with Crippen LogP contribution in [0, 0.1) is 0 Å². The number of pyridine rings is 1. The molecule has 1 aromatic rings. The average molecular weight is 261 g/mol. The van der Waals surface area contributed by atoms with Crippen LogP contribution in [0.1, 0.15) is 24.8 Å². The molecule has 3 rings (SSSR count). The first-order valence-corrected chi connectivity index (χ1v) is 7.30. The van der Waals surface area contributed by atoms with Crippen molar-refractivity contribution in [2.75, 3.05) is 33.3 Å². The Bertz CT molecular complexity index is 424. The van der Waals surface area contributed by atoms with Crippen molar-refractivity contribution < 1.29 is 4.74 Å². The minimum Gasteiger partial charge on any atom is -0.481 e. The summed E-state index contributed by atoms with van der Waals surface area (Å²) >= 11 is 0. The van der Waals surface area contributed by atoms with Gasteiger partial charge in [0.15, 0.2) is 0 Å². The van der Waals surface area contributed by atoms with Crippen LogP contribution in [0.4, 0.5) is 0 Å². The van der Waals surface area contributed by atoms with Gasteiger partial charge >= 0.3 is 0 Å². The molecule has 1 aromatic heterocycles. The molecule has 0 aliphatic carbocycles. The maximum Gasteiger partial charge on any atom is 0.213 e. The second-order valence-corrected chi connectivity index (χ2v) is 5.63. The Kier molecular flexibility index (Phi) is 3.99. The number of rotatable bonds is 3. The topological polar surface area (TPSA) is 28.6 Å². The zero-order valence-electron chi connectivity index (χ0n) is 11.7. The number of hydrogen-bond acceptors (Lipinski definition) is 4. The van der Waals surface area contributed by atoms with Gasteiger partial charge in [-0.05, 0) is 50.5 Å². The fourth-order valence-corrected chi connectivity index (χ4v) is 3.35. The van der Waals surface area contributed by atoms with E-state index >= 15 is 0 Å². The van der Waals surface area contributed by atoms with Gasteiger partial charge < -0.3 is 4.74 Å². The number of hydrogen-bond donors (Lipinski definition) is 0. The van der Waals surface area contributed by atoms with Gasteiger partial charge in [0.1, 0.15) is 0 Å². The smallest absolute Gasteiger partial charge is 0.213 e. The first kappa shape index (κ1) is 12.9. The summed E-state index contributed by atoms with van der Waals surface area (Å²) in [6.07, 6.45) is 5.88. The lowest BCUT2D eigenvalue weighted by Crippen LogP contribution is -2.36. The monoisotopic (exact) mass is 261 g/mol. The normalized spacial score (nSPS) is 25.0. The fraction of sp³-hybridized carbons (Fsp3) is 0.667. The fourth-order valence-electron chi connectivity index (χ4n) is 3.35. The Morgan fingerprint density at radius 2 is 2.21 bits per heavy atom. The third-order valence-electron chi connectivity index (χ3n) is 4.30. The largest absolute Gasteiger partial charge is 0.481 e. The lowest BCUT2D eigenvalue weighted by Gasteiger charge is -2.25. The van der Waals surface area contributed by atoms with Crippen LogP contribution >= 0.6 is 0 Å². The number of nitrogens with zero attached hydrogens (tertiary/aromatic N) is 3. The minimum atomic E-state index is 0.717. The van der Waals surface area contributed by atoms with E-state index in [1.807, 2.05) is 6.20 Å². The summed E-state index contributed by atoms with van der Waals surface area (Å²) in [5.74, 6) is 0.717. The van der Waals surface area contributed by atoms with Gasteiger partial charge in [-0.1, -0.05) is 0 Å². The summed E-state index contributed by atoms with van der Waals surface area (Å²) in [4.78, 5) is 9.44. The molecule has 3 heterocycles. The molecule has 0 saturated carbocycles. The van der Waals surface area contributed by atoms with E-state index < -0.39 is 0 Å². The van der Waals surface area contributed by atoms with Crippen molar-refractivity contribution in [2.24, 2.45) is 0 Å². The zero-order chi connectivity index (χ0) is 13.1. The quantitative estimate of drug-likeness (QED) is 0.829. The van der Waals surface area contributed by atoms with Crippen molar-refractivity contribution in [2.45, 2.75) is 31.8 Å². The van der Waals surface area contributed by atoms with Gasteiger partial charge in [0.05, 0.1) is 7.11 Å². The van der Waals surface area contributed by atoms with Crippen LogP contribution in [-0.4, -0.2) is 54.1 Å². The predicted molar refractivity (Wildman–Crippen MR) is 75.3 cm³/mol. The molecular weight excluding hydrogens is 238 g/mol. The third-order valence-corrected chi connectivity index (χ3v) is 4.30. The second-order valence-electron chi connectivity index (χ2n) is 5.63. The molecule has 2 saturated heterocycles. The van der Waals surface area contributed by atoms with E-state index in [2.05, 4.69) is 26.9 Å². The zero-order valence-corrected chi connectivity index (χ0v) is 11.7. The van der Waals surface area contributed by atoms with E-state index in [4.69, 9.17) is 4.74 Å². The van der Waals surface area contributed by atoms with Crippen molar-refractivity contribution in [1.29, 1.82) is 0 Å². The van der Waals surface area contributed by atoms with Gasteiger partial charge in [-0.15, -0.1) is 0 Å². The summed E-state index contributed by atoms with van der Waals surface area (Å²) < 4.78 is 5.20. The average Bonchev–Trinajstić information content (AvgIpc) is 2.78. The maximum absolute atomic E-state index is 5.20. The molecule has 19 heavy (non-hydrogen) atoms. The van der Waals surface area contributed by atoms with Crippen LogP contribution in [0.2, 0.25) is 0 Å². The molecule has 104 valence electrons. The Morgan fingerprint density at radius 1 is 1.32 bits per heavy atom. The molecular formula is C15H23N3O. The van der Waals surface area contributed by atoms with Crippen molar-refractivity contribution in [1.82, 2.24) is 14.8 Å². The third kappa shape index (κ3) is 3.07. The second kappa shape index (κ2) is 5.88. The van der Waals surface area contributed by atoms with E-state index in [1.165, 1.54) is 51.0 Å². The van der Waals surface area contributed by atoms with Crippen molar-refractivity contribution in [3.05, 3.63) is 23.9 Å². The van der Waals surface area contributed by atoms with Crippen LogP contribution < -0.4 is 4.74 Å². The van der Waals surface area contributed by atoms with Gasteiger partial charge in [-0.3, -0.25) is 9.80 Å². The SMILES string of the molecule is COc1cc(CN2CCCN3CCCC3C2)ccn1. The summed E-state index contributed by atoms with van der Waals surface area (Å²) in [5.41, 5.74) is 1.30. The van der Waals surface area contributed by atoms with Crippen LogP contribution in [0.25, 0.3) is 0 Å². The van der Waals surface area contributed by atoms with Gasteiger partial charge in [-0.25, -0.2) is 4.98 Å². The van der Waals surface area contributed by atoms with Gasteiger partial charge in [0.2, 0.25) is 5.88 Å². The molecule has 4 nitrogen and oxygen atoms in total. The first-order chi connectivity index (χ1) is 9.35. The molecule has 4 heteroatoms. The predicted octanol–water partition coefficient (Wildman–Crippen LogP) is 1.76. The Balaban J connectivity index is 1.65. The highest BCUT2D eigenvalue weighted by Gasteiger charge is 2.28. The number of fused-ring (bicyclic) bond motifs is 1. The molecule has 0 aromatic carbocycles. The Morgan fingerprint density at radius 3 is 3.11 bits per heavy atom. The van der Waals surface area contributed by atoms with E-state index in [9.17, 15) is 0 Å². The van der Waals surface area contributed by atoms with Crippen LogP contribution in [0.5, 0.6) is 5.88 Å². The van der Waals surface area contributed by atoms with Gasteiger partial charge in [0, 0.05) is 31.4 Å². The number of methoxy groups -OCH3 is 1. The standard InChI is InChI=1S/C15H23N3O/c1-19-15-10-13(5-6-16-15)11-17-7-3-9-18-8-2-4-14(18)12-17/h5-6,10,14H,2-4,7-9,11-12H2,1H3. The molecule has 2 aliphatic heterocycles.